The Labute approximate surface area is 100.0 Å². The maximum absolute atomic E-state index is 13.0. The number of hydrogen-bond acceptors (Lipinski definition) is 3. The van der Waals surface area contributed by atoms with Crippen LogP contribution in [0.15, 0.2) is 18.2 Å². The van der Waals surface area contributed by atoms with E-state index in [2.05, 4.69) is 5.32 Å². The van der Waals surface area contributed by atoms with Crippen molar-refractivity contribution in [2.75, 3.05) is 18.2 Å². The van der Waals surface area contributed by atoms with Crippen LogP contribution in [0.3, 0.4) is 0 Å². The molecule has 1 unspecified atom stereocenters. The fraction of sp³-hybridized carbons (Fsp3) is 0.417. The molecule has 0 aromatic heterocycles. The van der Waals surface area contributed by atoms with Crippen LogP contribution in [0.25, 0.3) is 0 Å². The number of nitrogens with one attached hydrogen (secondary N) is 1. The number of anilines is 2. The molecular weight excluding hydrogens is 223 g/mol. The normalized spacial score (nSPS) is 14.1. The lowest BCUT2D eigenvalue weighted by Crippen LogP contribution is -2.41. The van der Waals surface area contributed by atoms with E-state index in [0.29, 0.717) is 12.1 Å². The fourth-order valence-corrected chi connectivity index (χ4v) is 1.29. The third kappa shape index (κ3) is 2.94. The summed E-state index contributed by atoms with van der Waals surface area (Å²) in [5.41, 5.74) is 5.27. The molecule has 3 N–H and O–H groups in total. The van der Waals surface area contributed by atoms with Crippen LogP contribution in [-0.4, -0.2) is 18.6 Å². The van der Waals surface area contributed by atoms with Crippen molar-refractivity contribution in [2.24, 2.45) is 0 Å². The summed E-state index contributed by atoms with van der Waals surface area (Å²) in [5.74, 6) is -0.801. The number of amides is 1. The SMILES string of the molecule is CCC(C)(OC)C(=O)Nc1cc(F)ccc1N. The lowest BCUT2D eigenvalue weighted by Gasteiger charge is -2.25. The van der Waals surface area contributed by atoms with E-state index < -0.39 is 11.4 Å². The summed E-state index contributed by atoms with van der Waals surface area (Å²) in [7, 11) is 1.46. The van der Waals surface area contributed by atoms with E-state index in [1.807, 2.05) is 6.92 Å². The van der Waals surface area contributed by atoms with Gasteiger partial charge in [-0.25, -0.2) is 4.39 Å². The van der Waals surface area contributed by atoms with Crippen LogP contribution in [0.2, 0.25) is 0 Å². The predicted octanol–water partition coefficient (Wildman–Crippen LogP) is 2.16. The fourth-order valence-electron chi connectivity index (χ4n) is 1.29. The van der Waals surface area contributed by atoms with E-state index >= 15 is 0 Å². The molecule has 0 bridgehead atoms. The molecule has 17 heavy (non-hydrogen) atoms. The number of methoxy groups -OCH3 is 1. The number of benzene rings is 1. The summed E-state index contributed by atoms with van der Waals surface area (Å²) < 4.78 is 18.2. The molecule has 1 aromatic rings. The van der Waals surface area contributed by atoms with E-state index in [9.17, 15) is 9.18 Å². The second-order valence-corrected chi connectivity index (χ2v) is 3.97. The molecule has 94 valence electrons. The number of carbonyl (C=O) groups is 1. The minimum absolute atomic E-state index is 0.256. The van der Waals surface area contributed by atoms with Gasteiger partial charge in [0.1, 0.15) is 11.4 Å². The topological polar surface area (TPSA) is 64.3 Å². The van der Waals surface area contributed by atoms with Gasteiger partial charge in [0.15, 0.2) is 0 Å². The summed E-state index contributed by atoms with van der Waals surface area (Å²) in [6.07, 6.45) is 0.505. The Balaban J connectivity index is 2.91. The summed E-state index contributed by atoms with van der Waals surface area (Å²) in [5, 5.41) is 2.56. The van der Waals surface area contributed by atoms with Crippen LogP contribution >= 0.6 is 0 Å². The van der Waals surface area contributed by atoms with Crippen molar-refractivity contribution in [3.05, 3.63) is 24.0 Å². The first-order valence-electron chi connectivity index (χ1n) is 5.34. The molecule has 4 nitrogen and oxygen atoms in total. The van der Waals surface area contributed by atoms with E-state index in [1.165, 1.54) is 25.3 Å². The van der Waals surface area contributed by atoms with E-state index in [0.717, 1.165) is 0 Å². The Morgan fingerprint density at radius 3 is 2.76 bits per heavy atom. The zero-order valence-electron chi connectivity index (χ0n) is 10.2. The van der Waals surface area contributed by atoms with Gasteiger partial charge in [0.05, 0.1) is 11.4 Å². The van der Waals surface area contributed by atoms with Crippen molar-refractivity contribution < 1.29 is 13.9 Å². The predicted molar refractivity (Wildman–Crippen MR) is 65.1 cm³/mol. The largest absolute Gasteiger partial charge is 0.397 e. The molecule has 0 spiro atoms. The molecule has 0 aliphatic rings. The van der Waals surface area contributed by atoms with Crippen LogP contribution < -0.4 is 11.1 Å². The second-order valence-electron chi connectivity index (χ2n) is 3.97. The Hall–Kier alpha value is -1.62. The average molecular weight is 240 g/mol. The van der Waals surface area contributed by atoms with Crippen LogP contribution in [-0.2, 0) is 9.53 Å². The third-order valence-electron chi connectivity index (χ3n) is 2.87. The number of halogens is 1. The van der Waals surface area contributed by atoms with Crippen molar-refractivity contribution in [1.29, 1.82) is 0 Å². The molecule has 1 aromatic carbocycles. The van der Waals surface area contributed by atoms with E-state index in [4.69, 9.17) is 10.5 Å². The molecule has 0 radical (unpaired) electrons. The summed E-state index contributed by atoms with van der Waals surface area (Å²) >= 11 is 0. The molecule has 1 atom stereocenters. The molecule has 1 rings (SSSR count). The van der Waals surface area contributed by atoms with E-state index in [1.54, 1.807) is 6.92 Å². The molecule has 5 heteroatoms. The lowest BCUT2D eigenvalue weighted by atomic mass is 10.0. The first-order valence-corrected chi connectivity index (χ1v) is 5.34. The molecule has 0 fully saturated rings. The first-order chi connectivity index (χ1) is 7.92. The number of ether oxygens (including phenoxy) is 1. The van der Waals surface area contributed by atoms with Gasteiger partial charge in [-0.3, -0.25) is 4.79 Å². The minimum atomic E-state index is -0.946. The minimum Gasteiger partial charge on any atom is -0.397 e. The number of nitrogen functional groups attached to an aromatic ring is 1. The van der Waals surface area contributed by atoms with Crippen molar-refractivity contribution in [3.63, 3.8) is 0 Å². The van der Waals surface area contributed by atoms with Crippen molar-refractivity contribution in [3.8, 4) is 0 Å². The van der Waals surface area contributed by atoms with Crippen LogP contribution in [0.4, 0.5) is 15.8 Å². The van der Waals surface area contributed by atoms with Gasteiger partial charge in [-0.15, -0.1) is 0 Å². The molecule has 0 aliphatic carbocycles. The number of hydrogen-bond donors (Lipinski definition) is 2. The highest BCUT2D eigenvalue weighted by atomic mass is 19.1. The summed E-state index contributed by atoms with van der Waals surface area (Å²) in [4.78, 5) is 11.9. The van der Waals surface area contributed by atoms with Gasteiger partial charge in [-0.1, -0.05) is 6.92 Å². The first kappa shape index (κ1) is 13.4. The Bertz CT molecular complexity index is 417. The number of nitrogens with two attached hydrogens (primary N) is 1. The molecule has 0 heterocycles. The van der Waals surface area contributed by atoms with Gasteiger partial charge >= 0.3 is 0 Å². The number of carbonyl (C=O) groups excluding carboxylic acids is 1. The smallest absolute Gasteiger partial charge is 0.256 e. The zero-order chi connectivity index (χ0) is 13.1. The zero-order valence-corrected chi connectivity index (χ0v) is 10.2. The molecule has 0 saturated carbocycles. The van der Waals surface area contributed by atoms with Crippen molar-refractivity contribution in [1.82, 2.24) is 0 Å². The van der Waals surface area contributed by atoms with Crippen LogP contribution in [0.5, 0.6) is 0 Å². The highest BCUT2D eigenvalue weighted by Crippen LogP contribution is 2.22. The molecular formula is C12H17FN2O2. The van der Waals surface area contributed by atoms with Crippen molar-refractivity contribution >= 4 is 17.3 Å². The number of rotatable bonds is 4. The quantitative estimate of drug-likeness (QED) is 0.793. The van der Waals surface area contributed by atoms with Crippen LogP contribution in [0, 0.1) is 5.82 Å². The van der Waals surface area contributed by atoms with Gasteiger partial charge in [-0.05, 0) is 31.5 Å². The second kappa shape index (κ2) is 5.14. The standard InChI is InChI=1S/C12H17FN2O2/c1-4-12(2,17-3)11(16)15-10-7-8(13)5-6-9(10)14/h5-7H,4,14H2,1-3H3,(H,15,16). The maximum Gasteiger partial charge on any atom is 0.256 e. The highest BCUT2D eigenvalue weighted by Gasteiger charge is 2.31. The van der Waals surface area contributed by atoms with Gasteiger partial charge < -0.3 is 15.8 Å². The summed E-state index contributed by atoms with van der Waals surface area (Å²) in [6, 6.07) is 3.82. The van der Waals surface area contributed by atoms with Gasteiger partial charge in [0, 0.05) is 7.11 Å². The van der Waals surface area contributed by atoms with Crippen LogP contribution in [0.1, 0.15) is 20.3 Å². The average Bonchev–Trinajstić information content (AvgIpc) is 2.32. The Morgan fingerprint density at radius 1 is 1.59 bits per heavy atom. The van der Waals surface area contributed by atoms with E-state index in [-0.39, 0.29) is 11.6 Å². The lowest BCUT2D eigenvalue weighted by molar-refractivity contribution is -0.136. The Kier molecular flexibility index (Phi) is 4.07. The third-order valence-corrected chi connectivity index (χ3v) is 2.87. The highest BCUT2D eigenvalue weighted by molar-refractivity contribution is 5.99. The molecule has 0 saturated heterocycles. The molecule has 1 amide bonds. The van der Waals surface area contributed by atoms with Gasteiger partial charge in [0.2, 0.25) is 0 Å². The molecule has 0 aliphatic heterocycles. The maximum atomic E-state index is 13.0. The Morgan fingerprint density at radius 2 is 2.24 bits per heavy atom. The monoisotopic (exact) mass is 240 g/mol. The van der Waals surface area contributed by atoms with Crippen molar-refractivity contribution in [2.45, 2.75) is 25.9 Å². The van der Waals surface area contributed by atoms with Gasteiger partial charge in [0.25, 0.3) is 5.91 Å². The summed E-state index contributed by atoms with van der Waals surface area (Å²) in [6.45, 7) is 3.50. The van der Waals surface area contributed by atoms with Gasteiger partial charge in [-0.2, -0.15) is 0 Å².